The van der Waals surface area contributed by atoms with Crippen LogP contribution in [0.5, 0.6) is 0 Å². The Morgan fingerprint density at radius 3 is 2.62 bits per heavy atom. The highest BCUT2D eigenvalue weighted by atomic mass is 16.2. The molecule has 1 aliphatic heterocycles. The van der Waals surface area contributed by atoms with Gasteiger partial charge in [0, 0.05) is 20.1 Å². The molecule has 1 amide bonds. The maximum atomic E-state index is 12.2. The highest BCUT2D eigenvalue weighted by Crippen LogP contribution is 2.24. The van der Waals surface area contributed by atoms with Gasteiger partial charge in [0.1, 0.15) is 0 Å². The minimum Gasteiger partial charge on any atom is -0.343 e. The molecule has 1 atom stereocenters. The number of amides is 1. The van der Waals surface area contributed by atoms with Gasteiger partial charge in [0.15, 0.2) is 0 Å². The maximum absolute atomic E-state index is 12.2. The number of hydrogen-bond acceptors (Lipinski definition) is 2. The topological polar surface area (TPSA) is 32.3 Å². The van der Waals surface area contributed by atoms with E-state index in [0.29, 0.717) is 0 Å². The van der Waals surface area contributed by atoms with Crippen molar-refractivity contribution in [2.45, 2.75) is 12.5 Å². The van der Waals surface area contributed by atoms with Crippen molar-refractivity contribution in [2.75, 3.05) is 20.1 Å². The molecule has 0 saturated carbocycles. The molecule has 108 valence electrons. The molecule has 1 fully saturated rings. The zero-order valence-electron chi connectivity index (χ0n) is 12.3. The fraction of sp³-hybridized carbons (Fsp3) is 0.278. The van der Waals surface area contributed by atoms with E-state index in [1.165, 1.54) is 16.7 Å². The molecule has 3 heteroatoms. The summed E-state index contributed by atoms with van der Waals surface area (Å²) in [4.78, 5) is 14.1. The van der Waals surface area contributed by atoms with Crippen molar-refractivity contribution < 1.29 is 4.79 Å². The quantitative estimate of drug-likeness (QED) is 0.936. The Bertz CT molecular complexity index is 624. The molecule has 0 radical (unpaired) electrons. The van der Waals surface area contributed by atoms with E-state index in [4.69, 9.17) is 0 Å². The maximum Gasteiger partial charge on any atom is 0.239 e. The number of rotatable bonds is 3. The summed E-state index contributed by atoms with van der Waals surface area (Å²) in [5.74, 6) is 0.184. The van der Waals surface area contributed by atoms with Gasteiger partial charge in [-0.3, -0.25) is 4.79 Å². The van der Waals surface area contributed by atoms with E-state index in [1.54, 1.807) is 0 Å². The van der Waals surface area contributed by atoms with E-state index in [9.17, 15) is 4.79 Å². The monoisotopic (exact) mass is 280 g/mol. The number of benzene rings is 2. The van der Waals surface area contributed by atoms with Crippen molar-refractivity contribution in [3.8, 4) is 11.1 Å². The van der Waals surface area contributed by atoms with E-state index in [1.807, 2.05) is 42.3 Å². The molecule has 1 saturated heterocycles. The number of carbonyl (C=O) groups is 1. The first kappa shape index (κ1) is 13.8. The highest BCUT2D eigenvalue weighted by molar-refractivity contribution is 5.83. The minimum atomic E-state index is -0.117. The fourth-order valence-electron chi connectivity index (χ4n) is 2.85. The van der Waals surface area contributed by atoms with Gasteiger partial charge in [-0.2, -0.15) is 0 Å². The Kier molecular flexibility index (Phi) is 4.02. The highest BCUT2D eigenvalue weighted by Gasteiger charge is 2.26. The molecule has 3 rings (SSSR count). The van der Waals surface area contributed by atoms with E-state index in [2.05, 4.69) is 29.6 Å². The van der Waals surface area contributed by atoms with Crippen molar-refractivity contribution in [1.82, 2.24) is 10.2 Å². The van der Waals surface area contributed by atoms with Crippen LogP contribution >= 0.6 is 0 Å². The third-order valence-electron chi connectivity index (χ3n) is 4.04. The molecule has 3 nitrogen and oxygen atoms in total. The van der Waals surface area contributed by atoms with E-state index >= 15 is 0 Å². The van der Waals surface area contributed by atoms with Crippen LogP contribution in [0.1, 0.15) is 5.56 Å². The van der Waals surface area contributed by atoms with Crippen LogP contribution in [0.3, 0.4) is 0 Å². The van der Waals surface area contributed by atoms with Gasteiger partial charge in [-0.05, 0) is 23.1 Å². The van der Waals surface area contributed by atoms with Crippen LogP contribution in [-0.2, 0) is 11.2 Å². The van der Waals surface area contributed by atoms with Gasteiger partial charge in [0.25, 0.3) is 0 Å². The average Bonchev–Trinajstić information content (AvgIpc) is 2.53. The second-order valence-electron chi connectivity index (χ2n) is 5.49. The summed E-state index contributed by atoms with van der Waals surface area (Å²) in [5.41, 5.74) is 3.62. The second kappa shape index (κ2) is 6.10. The minimum absolute atomic E-state index is 0.117. The van der Waals surface area contributed by atoms with Crippen LogP contribution in [0, 0.1) is 0 Å². The van der Waals surface area contributed by atoms with Gasteiger partial charge < -0.3 is 10.2 Å². The number of likely N-dealkylation sites (N-methyl/N-ethyl adjacent to an activating group) is 1. The lowest BCUT2D eigenvalue weighted by Gasteiger charge is -2.30. The van der Waals surface area contributed by atoms with Crippen molar-refractivity contribution in [2.24, 2.45) is 0 Å². The number of carbonyl (C=O) groups excluding carboxylic acids is 1. The lowest BCUT2D eigenvalue weighted by molar-refractivity contribution is -0.134. The Balaban J connectivity index is 1.88. The summed E-state index contributed by atoms with van der Waals surface area (Å²) < 4.78 is 0. The van der Waals surface area contributed by atoms with Crippen LogP contribution in [-0.4, -0.2) is 37.0 Å². The van der Waals surface area contributed by atoms with Crippen LogP contribution in [0.4, 0.5) is 0 Å². The predicted molar refractivity (Wildman–Crippen MR) is 85.0 cm³/mol. The summed E-state index contributed by atoms with van der Waals surface area (Å²) in [6.45, 7) is 1.65. The number of piperazine rings is 1. The Hall–Kier alpha value is -2.13. The predicted octanol–water partition coefficient (Wildman–Crippen LogP) is 2.33. The number of nitrogens with zero attached hydrogens (tertiary/aromatic N) is 1. The van der Waals surface area contributed by atoms with E-state index in [-0.39, 0.29) is 11.9 Å². The molecular formula is C18H20N2O. The average molecular weight is 280 g/mol. The van der Waals surface area contributed by atoms with Crippen molar-refractivity contribution in [3.05, 3.63) is 60.2 Å². The standard InChI is InChI=1S/C18H20N2O/c1-20-12-11-19-17(18(20)21)13-15-9-5-6-10-16(15)14-7-3-2-4-8-14/h2-10,17,19H,11-13H2,1H3/t17-/m0/s1. The molecule has 21 heavy (non-hydrogen) atoms. The molecule has 0 unspecified atom stereocenters. The third kappa shape index (κ3) is 2.98. The van der Waals surface area contributed by atoms with E-state index < -0.39 is 0 Å². The lowest BCUT2D eigenvalue weighted by Crippen LogP contribution is -2.54. The first-order valence-electron chi connectivity index (χ1n) is 7.37. The first-order chi connectivity index (χ1) is 10.3. The summed E-state index contributed by atoms with van der Waals surface area (Å²) in [6, 6.07) is 18.6. The molecule has 1 heterocycles. The summed E-state index contributed by atoms with van der Waals surface area (Å²) in [5, 5.41) is 3.34. The van der Waals surface area contributed by atoms with Crippen molar-refractivity contribution in [1.29, 1.82) is 0 Å². The van der Waals surface area contributed by atoms with Crippen molar-refractivity contribution >= 4 is 5.91 Å². The Morgan fingerprint density at radius 1 is 1.10 bits per heavy atom. The van der Waals surface area contributed by atoms with Crippen LogP contribution in [0.25, 0.3) is 11.1 Å². The van der Waals surface area contributed by atoms with Crippen molar-refractivity contribution in [3.63, 3.8) is 0 Å². The molecule has 0 aliphatic carbocycles. The largest absolute Gasteiger partial charge is 0.343 e. The fourth-order valence-corrected chi connectivity index (χ4v) is 2.85. The van der Waals surface area contributed by atoms with Gasteiger partial charge in [0.2, 0.25) is 5.91 Å². The smallest absolute Gasteiger partial charge is 0.239 e. The van der Waals surface area contributed by atoms with Gasteiger partial charge in [-0.15, -0.1) is 0 Å². The lowest BCUT2D eigenvalue weighted by atomic mass is 9.94. The number of nitrogens with one attached hydrogen (secondary N) is 1. The zero-order valence-corrected chi connectivity index (χ0v) is 12.3. The summed E-state index contributed by atoms with van der Waals surface area (Å²) in [6.07, 6.45) is 0.730. The van der Waals surface area contributed by atoms with Crippen LogP contribution in [0.15, 0.2) is 54.6 Å². The summed E-state index contributed by atoms with van der Waals surface area (Å²) in [7, 11) is 1.87. The van der Waals surface area contributed by atoms with Gasteiger partial charge in [-0.1, -0.05) is 54.6 Å². The first-order valence-corrected chi connectivity index (χ1v) is 7.37. The van der Waals surface area contributed by atoms with E-state index in [0.717, 1.165) is 19.5 Å². The Labute approximate surface area is 125 Å². The van der Waals surface area contributed by atoms with Crippen LogP contribution in [0.2, 0.25) is 0 Å². The molecule has 0 bridgehead atoms. The van der Waals surface area contributed by atoms with Gasteiger partial charge in [-0.25, -0.2) is 0 Å². The molecule has 1 N–H and O–H groups in total. The second-order valence-corrected chi connectivity index (χ2v) is 5.49. The zero-order chi connectivity index (χ0) is 14.7. The Morgan fingerprint density at radius 2 is 1.81 bits per heavy atom. The normalized spacial score (nSPS) is 18.8. The molecule has 0 spiro atoms. The molecule has 1 aliphatic rings. The molecular weight excluding hydrogens is 260 g/mol. The van der Waals surface area contributed by atoms with Gasteiger partial charge >= 0.3 is 0 Å². The third-order valence-corrected chi connectivity index (χ3v) is 4.04. The number of hydrogen-bond donors (Lipinski definition) is 1. The van der Waals surface area contributed by atoms with Gasteiger partial charge in [0.05, 0.1) is 6.04 Å². The molecule has 2 aromatic carbocycles. The summed E-state index contributed by atoms with van der Waals surface area (Å²) >= 11 is 0. The molecule has 0 aromatic heterocycles. The SMILES string of the molecule is CN1CCN[C@@H](Cc2ccccc2-c2ccccc2)C1=O. The van der Waals surface area contributed by atoms with Crippen LogP contribution < -0.4 is 5.32 Å². The molecule has 2 aromatic rings.